The summed E-state index contributed by atoms with van der Waals surface area (Å²) in [7, 11) is 1.27. The number of nitrogens with zero attached hydrogens (tertiary/aromatic N) is 2. The van der Waals surface area contributed by atoms with Gasteiger partial charge in [0.1, 0.15) is 17.2 Å². The highest BCUT2D eigenvalue weighted by molar-refractivity contribution is 6.06. The van der Waals surface area contributed by atoms with E-state index in [0.29, 0.717) is 5.75 Å². The quantitative estimate of drug-likeness (QED) is 0.361. The fourth-order valence-electron chi connectivity index (χ4n) is 4.13. The van der Waals surface area contributed by atoms with Gasteiger partial charge < -0.3 is 15.5 Å². The molecule has 0 saturated carbocycles. The van der Waals surface area contributed by atoms with Crippen molar-refractivity contribution < 1.29 is 22.7 Å². The van der Waals surface area contributed by atoms with E-state index in [2.05, 4.69) is 9.88 Å². The fourth-order valence-corrected chi connectivity index (χ4v) is 4.13. The zero-order chi connectivity index (χ0) is 24.5. The molecule has 0 spiro atoms. The summed E-state index contributed by atoms with van der Waals surface area (Å²) in [5, 5.41) is 7.21. The molecule has 10 heteroatoms. The topological polar surface area (TPSA) is 98.4 Å². The Kier molecular flexibility index (Phi) is 6.52. The Morgan fingerprint density at radius 2 is 1.88 bits per heavy atom. The zero-order valence-electron chi connectivity index (χ0n) is 18.7. The minimum atomic E-state index is -4.66. The molecule has 2 heterocycles. The highest BCUT2D eigenvalue weighted by Gasteiger charge is 2.34. The Bertz CT molecular complexity index is 1220. The first-order valence-corrected chi connectivity index (χ1v) is 11.0. The van der Waals surface area contributed by atoms with Crippen LogP contribution in [0.1, 0.15) is 40.9 Å². The molecule has 180 valence electrons. The van der Waals surface area contributed by atoms with Gasteiger partial charge in [-0.05, 0) is 55.8 Å². The number of halogens is 3. The number of amides is 1. The highest BCUT2D eigenvalue weighted by atomic mass is 19.4. The number of fused-ring (bicyclic) bond motifs is 1. The predicted octanol–water partition coefficient (Wildman–Crippen LogP) is 4.93. The largest absolute Gasteiger partial charge is 0.457 e. The van der Waals surface area contributed by atoms with Gasteiger partial charge in [0.15, 0.2) is 5.96 Å². The average Bonchev–Trinajstić information content (AvgIpc) is 3.21. The van der Waals surface area contributed by atoms with Crippen molar-refractivity contribution in [2.75, 3.05) is 20.1 Å². The van der Waals surface area contributed by atoms with Crippen molar-refractivity contribution in [3.8, 4) is 11.5 Å². The van der Waals surface area contributed by atoms with E-state index in [1.807, 2.05) is 18.2 Å². The molecule has 34 heavy (non-hydrogen) atoms. The van der Waals surface area contributed by atoms with E-state index in [0.717, 1.165) is 42.2 Å². The molecule has 1 aliphatic heterocycles. The Hall–Kier alpha value is -3.53. The van der Waals surface area contributed by atoms with Gasteiger partial charge in [0.2, 0.25) is 0 Å². The third kappa shape index (κ3) is 5.17. The molecule has 0 radical (unpaired) electrons. The molecule has 0 aliphatic carbocycles. The lowest BCUT2D eigenvalue weighted by molar-refractivity contribution is -0.136. The Balaban J connectivity index is 1.64. The molecule has 1 saturated heterocycles. The molecule has 4 rings (SSSR count). The van der Waals surface area contributed by atoms with E-state index < -0.39 is 23.6 Å². The number of rotatable bonds is 5. The Morgan fingerprint density at radius 1 is 1.15 bits per heavy atom. The van der Waals surface area contributed by atoms with Gasteiger partial charge >= 0.3 is 6.18 Å². The molecule has 1 aromatic heterocycles. The number of aromatic amines is 1. The minimum absolute atomic E-state index is 0.00396. The van der Waals surface area contributed by atoms with Gasteiger partial charge in [0.05, 0.1) is 11.1 Å². The van der Waals surface area contributed by atoms with Gasteiger partial charge in [-0.1, -0.05) is 18.6 Å². The van der Waals surface area contributed by atoms with Crippen molar-refractivity contribution in [1.82, 2.24) is 14.8 Å². The van der Waals surface area contributed by atoms with Crippen LogP contribution in [0.4, 0.5) is 13.2 Å². The summed E-state index contributed by atoms with van der Waals surface area (Å²) in [6.07, 6.45) is -1.10. The number of hydrogen-bond acceptors (Lipinski definition) is 4. The molecule has 1 fully saturated rings. The summed E-state index contributed by atoms with van der Waals surface area (Å²) < 4.78 is 47.3. The SMILES string of the molecule is CN(C(=N)N)C(=O)c1cc2c(C(F)(F)F)cc(Oc3cccc(CN4CCCCC4)c3)cc2[nH]1. The number of benzene rings is 2. The predicted molar refractivity (Wildman–Crippen MR) is 123 cm³/mol. The molecule has 1 amide bonds. The number of nitrogens with two attached hydrogens (primary N) is 1. The van der Waals surface area contributed by atoms with Crippen LogP contribution in [0.15, 0.2) is 42.5 Å². The molecule has 0 unspecified atom stereocenters. The smallest absolute Gasteiger partial charge is 0.417 e. The van der Waals surface area contributed by atoms with Crippen LogP contribution in [0.25, 0.3) is 10.9 Å². The van der Waals surface area contributed by atoms with Crippen molar-refractivity contribution >= 4 is 22.8 Å². The highest BCUT2D eigenvalue weighted by Crippen LogP contribution is 2.39. The lowest BCUT2D eigenvalue weighted by atomic mass is 10.1. The Morgan fingerprint density at radius 3 is 2.56 bits per heavy atom. The minimum Gasteiger partial charge on any atom is -0.457 e. The molecule has 2 aromatic carbocycles. The van der Waals surface area contributed by atoms with Gasteiger partial charge in [-0.2, -0.15) is 13.2 Å². The number of aromatic nitrogens is 1. The summed E-state index contributed by atoms with van der Waals surface area (Å²) in [4.78, 5) is 18.3. The fraction of sp³-hybridized carbons (Fsp3) is 0.333. The monoisotopic (exact) mass is 473 g/mol. The summed E-state index contributed by atoms with van der Waals surface area (Å²) in [6, 6.07) is 10.8. The van der Waals surface area contributed by atoms with E-state index in [-0.39, 0.29) is 22.3 Å². The van der Waals surface area contributed by atoms with E-state index in [1.165, 1.54) is 32.4 Å². The first-order valence-electron chi connectivity index (χ1n) is 11.0. The number of alkyl halides is 3. The van der Waals surface area contributed by atoms with Crippen molar-refractivity contribution in [2.24, 2.45) is 5.73 Å². The van der Waals surface area contributed by atoms with Crippen LogP contribution in [-0.2, 0) is 12.7 Å². The summed E-state index contributed by atoms with van der Waals surface area (Å²) in [6.45, 7) is 2.82. The molecule has 4 N–H and O–H groups in total. The second-order valence-corrected chi connectivity index (χ2v) is 8.45. The van der Waals surface area contributed by atoms with Crippen LogP contribution in [0.5, 0.6) is 11.5 Å². The second-order valence-electron chi connectivity index (χ2n) is 8.45. The van der Waals surface area contributed by atoms with Crippen LogP contribution in [-0.4, -0.2) is 46.8 Å². The van der Waals surface area contributed by atoms with Crippen LogP contribution in [0, 0.1) is 5.41 Å². The normalized spacial score (nSPS) is 14.8. The maximum Gasteiger partial charge on any atom is 0.417 e. The standard InChI is InChI=1S/C24H26F3N5O2/c1-31(23(28)29)22(33)21-13-18-19(24(25,26)27)11-17(12-20(18)30-21)34-16-7-5-6-15(10-16)14-32-8-3-2-4-9-32/h5-7,10-13,30H,2-4,8-9,14H2,1H3,(H3,28,29). The zero-order valence-corrected chi connectivity index (χ0v) is 18.7. The third-order valence-corrected chi connectivity index (χ3v) is 5.90. The second kappa shape index (κ2) is 9.38. The summed E-state index contributed by atoms with van der Waals surface area (Å²) in [5.74, 6) is -0.810. The van der Waals surface area contributed by atoms with E-state index >= 15 is 0 Å². The third-order valence-electron chi connectivity index (χ3n) is 5.90. The summed E-state index contributed by atoms with van der Waals surface area (Å²) >= 11 is 0. The molecule has 7 nitrogen and oxygen atoms in total. The molecular formula is C24H26F3N5O2. The number of nitrogens with one attached hydrogen (secondary N) is 2. The molecule has 1 aliphatic rings. The van der Waals surface area contributed by atoms with Gasteiger partial charge in [0, 0.05) is 25.0 Å². The van der Waals surface area contributed by atoms with E-state index in [9.17, 15) is 18.0 Å². The maximum atomic E-state index is 13.8. The number of H-pyrrole nitrogens is 1. The van der Waals surface area contributed by atoms with Crippen molar-refractivity contribution in [3.05, 3.63) is 59.3 Å². The average molecular weight is 473 g/mol. The number of hydrogen-bond donors (Lipinski definition) is 3. The van der Waals surface area contributed by atoms with Crippen LogP contribution >= 0.6 is 0 Å². The first kappa shape index (κ1) is 23.6. The molecule has 0 bridgehead atoms. The van der Waals surface area contributed by atoms with E-state index in [1.54, 1.807) is 6.07 Å². The lowest BCUT2D eigenvalue weighted by Crippen LogP contribution is -2.38. The number of guanidine groups is 1. The van der Waals surface area contributed by atoms with Crippen LogP contribution < -0.4 is 10.5 Å². The number of carbonyl (C=O) groups excluding carboxylic acids is 1. The lowest BCUT2D eigenvalue weighted by Gasteiger charge is -2.26. The van der Waals surface area contributed by atoms with E-state index in [4.69, 9.17) is 15.9 Å². The molecule has 3 aromatic rings. The van der Waals surface area contributed by atoms with Crippen molar-refractivity contribution in [3.63, 3.8) is 0 Å². The number of piperidine rings is 1. The van der Waals surface area contributed by atoms with Gasteiger partial charge in [0.25, 0.3) is 5.91 Å². The van der Waals surface area contributed by atoms with Gasteiger partial charge in [-0.15, -0.1) is 0 Å². The number of ether oxygens (including phenoxy) is 1. The summed E-state index contributed by atoms with van der Waals surface area (Å²) in [5.41, 5.74) is 5.40. The van der Waals surface area contributed by atoms with Crippen molar-refractivity contribution in [1.29, 1.82) is 5.41 Å². The maximum absolute atomic E-state index is 13.8. The van der Waals surface area contributed by atoms with Crippen molar-refractivity contribution in [2.45, 2.75) is 32.0 Å². The number of carbonyl (C=O) groups is 1. The van der Waals surface area contributed by atoms with Gasteiger partial charge in [-0.25, -0.2) is 0 Å². The van der Waals surface area contributed by atoms with Crippen LogP contribution in [0.2, 0.25) is 0 Å². The van der Waals surface area contributed by atoms with Crippen LogP contribution in [0.3, 0.4) is 0 Å². The molecular weight excluding hydrogens is 447 g/mol. The van der Waals surface area contributed by atoms with Gasteiger partial charge in [-0.3, -0.25) is 20.0 Å². The number of likely N-dealkylation sites (tertiary alicyclic amines) is 1. The Labute approximate surface area is 194 Å². The molecule has 0 atom stereocenters. The first-order chi connectivity index (χ1) is 16.1.